The van der Waals surface area contributed by atoms with E-state index < -0.39 is 10.9 Å². The van der Waals surface area contributed by atoms with Crippen molar-refractivity contribution in [3.8, 4) is 0 Å². The Bertz CT molecular complexity index is 1110. The van der Waals surface area contributed by atoms with E-state index in [-0.39, 0.29) is 28.6 Å². The van der Waals surface area contributed by atoms with Crippen LogP contribution in [-0.4, -0.2) is 59.3 Å². The molecule has 1 aromatic heterocycles. The Labute approximate surface area is 209 Å². The van der Waals surface area contributed by atoms with Crippen molar-refractivity contribution >= 4 is 29.5 Å². The summed E-state index contributed by atoms with van der Waals surface area (Å²) in [4.78, 5) is 53.0. The molecule has 0 spiro atoms. The van der Waals surface area contributed by atoms with E-state index in [9.17, 15) is 24.5 Å². The first kappa shape index (κ1) is 26.5. The number of aromatic nitrogens is 1. The number of hydrogen-bond donors (Lipinski definition) is 1. The van der Waals surface area contributed by atoms with Gasteiger partial charge in [-0.2, -0.15) is 0 Å². The van der Waals surface area contributed by atoms with Crippen LogP contribution in [0.3, 0.4) is 0 Å². The predicted molar refractivity (Wildman–Crippen MR) is 133 cm³/mol. The van der Waals surface area contributed by atoms with Crippen molar-refractivity contribution in [1.82, 2.24) is 15.2 Å². The number of amides is 2. The molecule has 0 atom stereocenters. The number of nitrogens with one attached hydrogen (secondary N) is 1. The van der Waals surface area contributed by atoms with E-state index in [1.807, 2.05) is 12.1 Å². The molecular weight excluding hydrogens is 464 g/mol. The highest BCUT2D eigenvalue weighted by Gasteiger charge is 2.26. The number of nitrogens with zero attached hydrogens (tertiary/aromatic N) is 3. The lowest BCUT2D eigenvalue weighted by Crippen LogP contribution is -2.38. The van der Waals surface area contributed by atoms with Gasteiger partial charge < -0.3 is 15.0 Å². The number of nitro groups is 1. The number of esters is 1. The van der Waals surface area contributed by atoms with Crippen LogP contribution in [0.5, 0.6) is 0 Å². The van der Waals surface area contributed by atoms with E-state index in [1.54, 1.807) is 23.4 Å². The normalized spacial score (nSPS) is 14.0. The molecule has 36 heavy (non-hydrogen) atoms. The Morgan fingerprint density at radius 1 is 1.19 bits per heavy atom. The number of pyridine rings is 1. The molecule has 2 aromatic rings. The molecule has 2 amide bonds. The molecule has 3 rings (SSSR count). The summed E-state index contributed by atoms with van der Waals surface area (Å²) in [6.07, 6.45) is 11.1. The van der Waals surface area contributed by atoms with E-state index in [1.165, 1.54) is 25.3 Å². The van der Waals surface area contributed by atoms with Crippen molar-refractivity contribution in [2.24, 2.45) is 5.92 Å². The molecule has 1 saturated heterocycles. The molecule has 1 aliphatic heterocycles. The lowest BCUT2D eigenvalue weighted by Gasteiger charge is -2.32. The number of benzene rings is 1. The fourth-order valence-electron chi connectivity index (χ4n) is 4.16. The van der Waals surface area contributed by atoms with E-state index in [0.29, 0.717) is 25.6 Å². The molecule has 10 nitrogen and oxygen atoms in total. The van der Waals surface area contributed by atoms with Crippen LogP contribution in [0.4, 0.5) is 5.69 Å². The summed E-state index contributed by atoms with van der Waals surface area (Å²) in [7, 11) is 1.18. The maximum Gasteiger partial charge on any atom is 0.338 e. The van der Waals surface area contributed by atoms with Crippen LogP contribution in [-0.2, 0) is 9.53 Å². The second-order valence-corrected chi connectivity index (χ2v) is 8.66. The van der Waals surface area contributed by atoms with E-state index in [4.69, 9.17) is 0 Å². The van der Waals surface area contributed by atoms with Gasteiger partial charge in [0.25, 0.3) is 11.6 Å². The topological polar surface area (TPSA) is 132 Å². The van der Waals surface area contributed by atoms with Crippen LogP contribution < -0.4 is 5.32 Å². The fourth-order valence-corrected chi connectivity index (χ4v) is 4.16. The van der Waals surface area contributed by atoms with Crippen molar-refractivity contribution in [3.63, 3.8) is 0 Å². The fraction of sp³-hybridized carbons (Fsp3) is 0.385. The van der Waals surface area contributed by atoms with Gasteiger partial charge >= 0.3 is 5.97 Å². The molecule has 1 fully saturated rings. The standard InChI is InChI=1S/C26H30N4O6/c1-36-26(33)22-15-21(16-23(17-22)30(34)35)25(32)29-13-9-19(10-14-29)5-2-3-12-28-24(31)8-7-20-6-4-11-27-18-20/h4,6-8,11,15-19H,2-3,5,9-10,12-14H2,1H3,(H,28,31). The second-order valence-electron chi connectivity index (χ2n) is 8.66. The van der Waals surface area contributed by atoms with Crippen molar-refractivity contribution in [1.29, 1.82) is 0 Å². The molecule has 1 aliphatic rings. The first-order chi connectivity index (χ1) is 17.4. The Balaban J connectivity index is 1.40. The minimum Gasteiger partial charge on any atom is -0.465 e. The van der Waals surface area contributed by atoms with Crippen LogP contribution in [0, 0.1) is 16.0 Å². The summed E-state index contributed by atoms with van der Waals surface area (Å²) in [6, 6.07) is 7.33. The summed E-state index contributed by atoms with van der Waals surface area (Å²) < 4.78 is 4.65. The summed E-state index contributed by atoms with van der Waals surface area (Å²) in [5.41, 5.74) is 0.628. The number of non-ortho nitro benzene ring substituents is 1. The Morgan fingerprint density at radius 2 is 1.94 bits per heavy atom. The SMILES string of the molecule is COC(=O)c1cc(C(=O)N2CCC(CCCCNC(=O)C=Cc3cccnc3)CC2)cc([N+](=O)[O-])c1. The minimum atomic E-state index is -0.729. The van der Waals surface area contributed by atoms with Crippen molar-refractivity contribution in [2.45, 2.75) is 32.1 Å². The summed E-state index contributed by atoms with van der Waals surface area (Å²) in [6.45, 7) is 1.70. The number of rotatable bonds is 10. The average Bonchev–Trinajstić information content (AvgIpc) is 2.91. The number of piperidine rings is 1. The molecule has 10 heteroatoms. The second kappa shape index (κ2) is 13.1. The largest absolute Gasteiger partial charge is 0.465 e. The Hall–Kier alpha value is -4.08. The molecule has 190 valence electrons. The van der Waals surface area contributed by atoms with Gasteiger partial charge in [-0.05, 0) is 49.0 Å². The third-order valence-electron chi connectivity index (χ3n) is 6.15. The average molecular weight is 495 g/mol. The van der Waals surface area contributed by atoms with E-state index in [0.717, 1.165) is 43.7 Å². The smallest absolute Gasteiger partial charge is 0.338 e. The molecule has 0 aliphatic carbocycles. The highest BCUT2D eigenvalue weighted by Crippen LogP contribution is 2.25. The zero-order chi connectivity index (χ0) is 25.9. The third-order valence-corrected chi connectivity index (χ3v) is 6.15. The Kier molecular flexibility index (Phi) is 9.67. The summed E-state index contributed by atoms with van der Waals surface area (Å²) >= 11 is 0. The highest BCUT2D eigenvalue weighted by atomic mass is 16.6. The lowest BCUT2D eigenvalue weighted by molar-refractivity contribution is -0.384. The number of carbonyl (C=O) groups excluding carboxylic acids is 3. The monoisotopic (exact) mass is 494 g/mol. The molecule has 0 radical (unpaired) electrons. The number of methoxy groups -OCH3 is 1. The number of hydrogen-bond acceptors (Lipinski definition) is 7. The van der Waals surface area contributed by atoms with Gasteiger partial charge in [0.2, 0.25) is 5.91 Å². The van der Waals surface area contributed by atoms with Gasteiger partial charge in [0.15, 0.2) is 0 Å². The summed E-state index contributed by atoms with van der Waals surface area (Å²) in [5.74, 6) is -0.718. The lowest BCUT2D eigenvalue weighted by atomic mass is 9.91. The van der Waals surface area contributed by atoms with E-state index >= 15 is 0 Å². The predicted octanol–water partition coefficient (Wildman–Crippen LogP) is 3.63. The molecule has 0 unspecified atom stereocenters. The third kappa shape index (κ3) is 7.72. The molecule has 0 bridgehead atoms. The molecule has 1 aromatic carbocycles. The maximum atomic E-state index is 13.0. The molecule has 1 N–H and O–H groups in total. The van der Waals surface area contributed by atoms with E-state index in [2.05, 4.69) is 15.0 Å². The molecular formula is C26H30N4O6. The first-order valence-corrected chi connectivity index (χ1v) is 11.9. The van der Waals surface area contributed by atoms with Crippen LogP contribution in [0.2, 0.25) is 0 Å². The van der Waals surface area contributed by atoms with Gasteiger partial charge in [0, 0.05) is 55.8 Å². The van der Waals surface area contributed by atoms with Crippen LogP contribution in [0.15, 0.2) is 48.8 Å². The number of unbranched alkanes of at least 4 members (excludes halogenated alkanes) is 1. The van der Waals surface area contributed by atoms with Gasteiger partial charge in [-0.3, -0.25) is 24.7 Å². The first-order valence-electron chi connectivity index (χ1n) is 11.9. The number of carbonyl (C=O) groups is 3. The van der Waals surface area contributed by atoms with Gasteiger partial charge in [0.1, 0.15) is 0 Å². The number of nitro benzene ring substituents is 1. The maximum absolute atomic E-state index is 13.0. The quantitative estimate of drug-likeness (QED) is 0.175. The van der Waals surface area contributed by atoms with Crippen molar-refractivity contribution < 1.29 is 24.0 Å². The van der Waals surface area contributed by atoms with Crippen LogP contribution in [0.1, 0.15) is 58.4 Å². The number of ether oxygens (including phenoxy) is 1. The highest BCUT2D eigenvalue weighted by molar-refractivity contribution is 5.99. The van der Waals surface area contributed by atoms with Gasteiger partial charge in [-0.25, -0.2) is 4.79 Å². The van der Waals surface area contributed by atoms with Crippen molar-refractivity contribution in [3.05, 3.63) is 75.6 Å². The van der Waals surface area contributed by atoms with Gasteiger partial charge in [-0.15, -0.1) is 0 Å². The number of likely N-dealkylation sites (tertiary alicyclic amines) is 1. The Morgan fingerprint density at radius 3 is 2.61 bits per heavy atom. The summed E-state index contributed by atoms with van der Waals surface area (Å²) in [5, 5.41) is 14.1. The minimum absolute atomic E-state index is 0.0235. The zero-order valence-electron chi connectivity index (χ0n) is 20.2. The molecule has 2 heterocycles. The van der Waals surface area contributed by atoms with Gasteiger partial charge in [0.05, 0.1) is 17.6 Å². The van der Waals surface area contributed by atoms with Gasteiger partial charge in [-0.1, -0.05) is 18.9 Å². The zero-order valence-corrected chi connectivity index (χ0v) is 20.2. The molecule has 0 saturated carbocycles. The van der Waals surface area contributed by atoms with Crippen LogP contribution >= 0.6 is 0 Å². The van der Waals surface area contributed by atoms with Crippen molar-refractivity contribution in [2.75, 3.05) is 26.7 Å². The van der Waals surface area contributed by atoms with Crippen LogP contribution in [0.25, 0.3) is 6.08 Å².